The minimum absolute atomic E-state index is 0.0149. The van der Waals surface area contributed by atoms with Crippen LogP contribution in [0, 0.1) is 0 Å². The Balaban J connectivity index is 1.53. The zero-order chi connectivity index (χ0) is 23.2. The quantitative estimate of drug-likeness (QED) is 0.340. The van der Waals surface area contributed by atoms with Gasteiger partial charge in [0.2, 0.25) is 5.91 Å². The number of rotatable bonds is 8. The summed E-state index contributed by atoms with van der Waals surface area (Å²) in [7, 11) is 3.41. The van der Waals surface area contributed by atoms with E-state index in [2.05, 4.69) is 15.2 Å². The molecule has 168 valence electrons. The Morgan fingerprint density at radius 1 is 1.09 bits per heavy atom. The van der Waals surface area contributed by atoms with E-state index < -0.39 is 0 Å². The summed E-state index contributed by atoms with van der Waals surface area (Å²) in [6.07, 6.45) is 3.42. The number of carbonyl (C=O) groups excluding carboxylic acids is 1. The van der Waals surface area contributed by atoms with Crippen LogP contribution in [0.2, 0.25) is 5.02 Å². The monoisotopic (exact) mass is 479 g/mol. The fraction of sp³-hybridized carbons (Fsp3) is 0.167. The third-order valence-electron chi connectivity index (χ3n) is 4.96. The summed E-state index contributed by atoms with van der Waals surface area (Å²) < 4.78 is 7.19. The van der Waals surface area contributed by atoms with Crippen LogP contribution in [0.3, 0.4) is 0 Å². The van der Waals surface area contributed by atoms with Gasteiger partial charge in [-0.05, 0) is 54.1 Å². The van der Waals surface area contributed by atoms with E-state index >= 15 is 0 Å². The first-order valence-corrected chi connectivity index (χ1v) is 11.5. The van der Waals surface area contributed by atoms with E-state index in [1.165, 1.54) is 11.8 Å². The first-order chi connectivity index (χ1) is 16.0. The van der Waals surface area contributed by atoms with Crippen LogP contribution in [0.4, 0.5) is 0 Å². The summed E-state index contributed by atoms with van der Waals surface area (Å²) in [6.45, 7) is 0.489. The molecule has 0 saturated carbocycles. The van der Waals surface area contributed by atoms with Crippen molar-refractivity contribution in [2.24, 2.45) is 0 Å². The molecule has 33 heavy (non-hydrogen) atoms. The Bertz CT molecular complexity index is 1230. The summed E-state index contributed by atoms with van der Waals surface area (Å²) in [5.41, 5.74) is 2.73. The van der Waals surface area contributed by atoms with Gasteiger partial charge in [0, 0.05) is 42.3 Å². The van der Waals surface area contributed by atoms with E-state index in [9.17, 15) is 4.79 Å². The zero-order valence-electron chi connectivity index (χ0n) is 18.2. The number of hydrogen-bond acceptors (Lipinski definition) is 6. The Hall–Kier alpha value is -3.36. The van der Waals surface area contributed by atoms with Crippen molar-refractivity contribution in [3.8, 4) is 22.8 Å². The van der Waals surface area contributed by atoms with E-state index in [0.717, 1.165) is 22.6 Å². The van der Waals surface area contributed by atoms with Crippen LogP contribution in [0.15, 0.2) is 78.2 Å². The number of aromatic nitrogens is 4. The molecular weight excluding hydrogens is 458 g/mol. The summed E-state index contributed by atoms with van der Waals surface area (Å²) >= 11 is 7.42. The zero-order valence-corrected chi connectivity index (χ0v) is 19.8. The Kier molecular flexibility index (Phi) is 7.26. The number of carbonyl (C=O) groups is 1. The number of ether oxygens (including phenoxy) is 1. The lowest BCUT2D eigenvalue weighted by Crippen LogP contribution is -2.27. The molecule has 7 nitrogen and oxygen atoms in total. The minimum atomic E-state index is -0.0149. The standard InChI is InChI=1S/C24H22ClN5O2S/c1-29(15-17-4-3-5-21(14-17)32-2)22(31)16-33-24-28-27-23(18-10-12-26-13-11-18)30(24)20-8-6-19(25)7-9-20/h3-14H,15-16H2,1-2H3. The first-order valence-electron chi connectivity index (χ1n) is 10.2. The number of methoxy groups -OCH3 is 1. The number of nitrogens with zero attached hydrogens (tertiary/aromatic N) is 5. The SMILES string of the molecule is COc1cccc(CN(C)C(=O)CSc2nnc(-c3ccncc3)n2-c2ccc(Cl)cc2)c1. The van der Waals surface area contributed by atoms with Gasteiger partial charge in [0.05, 0.1) is 12.9 Å². The number of halogens is 1. The molecule has 0 radical (unpaired) electrons. The molecule has 0 saturated heterocycles. The van der Waals surface area contributed by atoms with Gasteiger partial charge < -0.3 is 9.64 Å². The highest BCUT2D eigenvalue weighted by molar-refractivity contribution is 7.99. The topological polar surface area (TPSA) is 73.1 Å². The van der Waals surface area contributed by atoms with Gasteiger partial charge >= 0.3 is 0 Å². The van der Waals surface area contributed by atoms with Gasteiger partial charge in [0.25, 0.3) is 0 Å². The largest absolute Gasteiger partial charge is 0.497 e. The highest BCUT2D eigenvalue weighted by Gasteiger charge is 2.18. The van der Waals surface area contributed by atoms with E-state index in [1.54, 1.807) is 31.5 Å². The normalized spacial score (nSPS) is 10.8. The van der Waals surface area contributed by atoms with Crippen molar-refractivity contribution in [2.45, 2.75) is 11.7 Å². The van der Waals surface area contributed by atoms with Crippen molar-refractivity contribution in [1.82, 2.24) is 24.6 Å². The van der Waals surface area contributed by atoms with Crippen LogP contribution >= 0.6 is 23.4 Å². The van der Waals surface area contributed by atoms with Crippen molar-refractivity contribution < 1.29 is 9.53 Å². The van der Waals surface area contributed by atoms with Crippen LogP contribution in [0.25, 0.3) is 17.1 Å². The second-order valence-electron chi connectivity index (χ2n) is 7.24. The summed E-state index contributed by atoms with van der Waals surface area (Å²) in [6, 6.07) is 18.9. The lowest BCUT2D eigenvalue weighted by Gasteiger charge is -2.17. The number of thioether (sulfide) groups is 1. The number of hydrogen-bond donors (Lipinski definition) is 0. The molecule has 0 unspecified atom stereocenters. The molecule has 0 aliphatic heterocycles. The van der Waals surface area contributed by atoms with E-state index in [-0.39, 0.29) is 11.7 Å². The number of benzene rings is 2. The molecule has 4 rings (SSSR count). The molecule has 2 aromatic heterocycles. The van der Waals surface area contributed by atoms with Gasteiger partial charge in [0.1, 0.15) is 5.75 Å². The molecule has 0 aliphatic rings. The van der Waals surface area contributed by atoms with Crippen LogP contribution < -0.4 is 4.74 Å². The molecule has 0 atom stereocenters. The predicted molar refractivity (Wildman–Crippen MR) is 130 cm³/mol. The van der Waals surface area contributed by atoms with Crippen LogP contribution in [0.1, 0.15) is 5.56 Å². The maximum atomic E-state index is 12.8. The average Bonchev–Trinajstić information content (AvgIpc) is 3.27. The van der Waals surface area contributed by atoms with Gasteiger partial charge in [-0.15, -0.1) is 10.2 Å². The first kappa shape index (κ1) is 22.8. The minimum Gasteiger partial charge on any atom is -0.497 e. The molecule has 2 aromatic carbocycles. The summed E-state index contributed by atoms with van der Waals surface area (Å²) in [4.78, 5) is 18.6. The molecule has 0 bridgehead atoms. The van der Waals surface area contributed by atoms with Crippen LogP contribution in [0.5, 0.6) is 5.75 Å². The summed E-state index contributed by atoms with van der Waals surface area (Å²) in [5.74, 6) is 1.64. The highest BCUT2D eigenvalue weighted by atomic mass is 35.5. The molecule has 9 heteroatoms. The molecule has 1 amide bonds. The van der Waals surface area contributed by atoms with Gasteiger partial charge in [-0.25, -0.2) is 0 Å². The Morgan fingerprint density at radius 3 is 2.58 bits per heavy atom. The lowest BCUT2D eigenvalue weighted by molar-refractivity contribution is -0.127. The van der Waals surface area contributed by atoms with Gasteiger partial charge in [0.15, 0.2) is 11.0 Å². The molecule has 2 heterocycles. The molecule has 0 spiro atoms. The van der Waals surface area contributed by atoms with Gasteiger partial charge in [-0.1, -0.05) is 35.5 Å². The molecule has 0 fully saturated rings. The Labute approximate surface area is 201 Å². The second kappa shape index (κ2) is 10.5. The van der Waals surface area contributed by atoms with Crippen molar-refractivity contribution in [3.63, 3.8) is 0 Å². The van der Waals surface area contributed by atoms with Gasteiger partial charge in [-0.2, -0.15) is 0 Å². The fourth-order valence-corrected chi connectivity index (χ4v) is 4.26. The maximum Gasteiger partial charge on any atom is 0.233 e. The highest BCUT2D eigenvalue weighted by Crippen LogP contribution is 2.28. The molecule has 0 N–H and O–H groups in total. The third-order valence-corrected chi connectivity index (χ3v) is 6.13. The molecular formula is C24H22ClN5O2S. The fourth-order valence-electron chi connectivity index (χ4n) is 3.24. The van der Waals surface area contributed by atoms with Crippen molar-refractivity contribution in [2.75, 3.05) is 19.9 Å². The maximum absolute atomic E-state index is 12.8. The number of amides is 1. The number of pyridine rings is 1. The van der Waals surface area contributed by atoms with Crippen LogP contribution in [-0.4, -0.2) is 50.5 Å². The van der Waals surface area contributed by atoms with Crippen molar-refractivity contribution >= 4 is 29.3 Å². The predicted octanol–water partition coefficient (Wildman–Crippen LogP) is 4.74. The second-order valence-corrected chi connectivity index (χ2v) is 8.62. The molecule has 4 aromatic rings. The van der Waals surface area contributed by atoms with Gasteiger partial charge in [-0.3, -0.25) is 14.3 Å². The van der Waals surface area contributed by atoms with E-state index in [0.29, 0.717) is 22.5 Å². The van der Waals surface area contributed by atoms with Crippen molar-refractivity contribution in [1.29, 1.82) is 0 Å². The smallest absolute Gasteiger partial charge is 0.233 e. The third kappa shape index (κ3) is 5.53. The van der Waals surface area contributed by atoms with E-state index in [1.807, 2.05) is 65.2 Å². The lowest BCUT2D eigenvalue weighted by atomic mass is 10.2. The van der Waals surface area contributed by atoms with Crippen LogP contribution in [-0.2, 0) is 11.3 Å². The Morgan fingerprint density at radius 2 is 1.85 bits per heavy atom. The summed E-state index contributed by atoms with van der Waals surface area (Å²) in [5, 5.41) is 10.0. The van der Waals surface area contributed by atoms with Crippen molar-refractivity contribution in [3.05, 3.63) is 83.6 Å². The average molecular weight is 480 g/mol. The molecule has 0 aliphatic carbocycles. The van der Waals surface area contributed by atoms with E-state index in [4.69, 9.17) is 16.3 Å².